The van der Waals surface area contributed by atoms with Gasteiger partial charge in [-0.25, -0.2) is 4.79 Å². The summed E-state index contributed by atoms with van der Waals surface area (Å²) < 4.78 is 5.70. The molecule has 0 aliphatic carbocycles. The first-order chi connectivity index (χ1) is 10.1. The van der Waals surface area contributed by atoms with E-state index in [4.69, 9.17) is 4.74 Å². The average molecular weight is 291 g/mol. The number of benzene rings is 1. The molecule has 1 heterocycles. The first-order valence-corrected chi connectivity index (χ1v) is 7.23. The van der Waals surface area contributed by atoms with Crippen LogP contribution in [0.25, 0.3) is 0 Å². The van der Waals surface area contributed by atoms with Crippen LogP contribution in [0.15, 0.2) is 18.2 Å². The summed E-state index contributed by atoms with van der Waals surface area (Å²) in [7, 11) is 0. The lowest BCUT2D eigenvalue weighted by molar-refractivity contribution is -0.126. The Kier molecular flexibility index (Phi) is 5.03. The number of anilines is 1. The molecule has 3 N–H and O–H groups in total. The van der Waals surface area contributed by atoms with Gasteiger partial charge >= 0.3 is 6.03 Å². The van der Waals surface area contributed by atoms with Crippen LogP contribution in [0.2, 0.25) is 0 Å². The van der Waals surface area contributed by atoms with Crippen LogP contribution in [0.3, 0.4) is 0 Å². The maximum absolute atomic E-state index is 11.9. The van der Waals surface area contributed by atoms with Gasteiger partial charge < -0.3 is 15.4 Å². The highest BCUT2D eigenvalue weighted by Crippen LogP contribution is 2.32. The van der Waals surface area contributed by atoms with Crippen molar-refractivity contribution in [2.24, 2.45) is 0 Å². The lowest BCUT2D eigenvalue weighted by atomic mass is 10.0. The van der Waals surface area contributed by atoms with E-state index >= 15 is 0 Å². The van der Waals surface area contributed by atoms with Crippen molar-refractivity contribution in [3.63, 3.8) is 0 Å². The molecule has 1 atom stereocenters. The molecule has 1 aliphatic rings. The molecule has 1 aliphatic heterocycles. The van der Waals surface area contributed by atoms with Gasteiger partial charge in [-0.2, -0.15) is 0 Å². The van der Waals surface area contributed by atoms with Crippen LogP contribution < -0.4 is 20.7 Å². The van der Waals surface area contributed by atoms with Gasteiger partial charge in [0.2, 0.25) is 0 Å². The molecular formula is C15H21N3O3. The van der Waals surface area contributed by atoms with Crippen LogP contribution in [0, 0.1) is 0 Å². The van der Waals surface area contributed by atoms with Gasteiger partial charge in [0, 0.05) is 13.1 Å². The fourth-order valence-corrected chi connectivity index (χ4v) is 2.24. The van der Waals surface area contributed by atoms with Gasteiger partial charge in [0.05, 0.1) is 5.69 Å². The molecule has 0 aromatic heterocycles. The number of urea groups is 1. The summed E-state index contributed by atoms with van der Waals surface area (Å²) in [6.07, 6.45) is 1.34. The van der Waals surface area contributed by atoms with Gasteiger partial charge in [0.25, 0.3) is 5.91 Å². The highest BCUT2D eigenvalue weighted by atomic mass is 16.5. The Hall–Kier alpha value is -2.24. The highest BCUT2D eigenvalue weighted by molar-refractivity contribution is 5.96. The van der Waals surface area contributed by atoms with Crippen molar-refractivity contribution in [3.8, 4) is 5.75 Å². The van der Waals surface area contributed by atoms with Crippen molar-refractivity contribution in [2.75, 3.05) is 18.4 Å². The Labute approximate surface area is 124 Å². The van der Waals surface area contributed by atoms with E-state index in [0.717, 1.165) is 25.1 Å². The predicted octanol–water partition coefficient (Wildman–Crippen LogP) is 1.66. The van der Waals surface area contributed by atoms with Crippen molar-refractivity contribution >= 4 is 17.6 Å². The van der Waals surface area contributed by atoms with Crippen LogP contribution in [-0.2, 0) is 11.2 Å². The van der Waals surface area contributed by atoms with Crippen molar-refractivity contribution in [3.05, 3.63) is 23.8 Å². The molecule has 0 radical (unpaired) electrons. The number of aryl methyl sites for hydroxylation is 1. The van der Waals surface area contributed by atoms with Crippen LogP contribution in [0.5, 0.6) is 5.75 Å². The van der Waals surface area contributed by atoms with Crippen molar-refractivity contribution in [1.82, 2.24) is 10.6 Å². The van der Waals surface area contributed by atoms with Crippen LogP contribution in [0.1, 0.15) is 25.8 Å². The fraction of sp³-hybridized carbons (Fsp3) is 0.467. The lowest BCUT2D eigenvalue weighted by Gasteiger charge is -2.23. The maximum atomic E-state index is 11.9. The number of para-hydroxylation sites is 1. The number of rotatable bonds is 4. The van der Waals surface area contributed by atoms with Crippen molar-refractivity contribution in [1.29, 1.82) is 0 Å². The van der Waals surface area contributed by atoms with E-state index in [9.17, 15) is 9.59 Å². The Morgan fingerprint density at radius 1 is 1.43 bits per heavy atom. The average Bonchev–Trinajstić information content (AvgIpc) is 2.47. The van der Waals surface area contributed by atoms with Gasteiger partial charge in [0.1, 0.15) is 5.75 Å². The quantitative estimate of drug-likeness (QED) is 0.788. The number of nitrogens with one attached hydrogen (secondary N) is 3. The molecule has 2 rings (SSSR count). The van der Waals surface area contributed by atoms with Gasteiger partial charge in [-0.05, 0) is 38.3 Å². The van der Waals surface area contributed by atoms with E-state index in [0.29, 0.717) is 12.3 Å². The number of carbonyl (C=O) groups is 2. The predicted molar refractivity (Wildman–Crippen MR) is 80.6 cm³/mol. The summed E-state index contributed by atoms with van der Waals surface area (Å²) in [6, 6.07) is 5.28. The first kappa shape index (κ1) is 15.2. The fourth-order valence-electron chi connectivity index (χ4n) is 2.24. The second-order valence-electron chi connectivity index (χ2n) is 4.93. The van der Waals surface area contributed by atoms with Gasteiger partial charge in [-0.15, -0.1) is 0 Å². The number of fused-ring (bicyclic) bond motifs is 1. The zero-order chi connectivity index (χ0) is 15.2. The molecule has 0 fully saturated rings. The molecular weight excluding hydrogens is 270 g/mol. The number of hydrogen-bond donors (Lipinski definition) is 3. The Morgan fingerprint density at radius 3 is 3.00 bits per heavy atom. The zero-order valence-corrected chi connectivity index (χ0v) is 12.4. The van der Waals surface area contributed by atoms with E-state index in [2.05, 4.69) is 16.0 Å². The number of imide groups is 1. The molecule has 1 aromatic rings. The number of ether oxygens (including phenoxy) is 1. The third kappa shape index (κ3) is 3.87. The number of hydrogen-bond acceptors (Lipinski definition) is 4. The molecule has 6 heteroatoms. The summed E-state index contributed by atoms with van der Waals surface area (Å²) in [5, 5.41) is 8.05. The highest BCUT2D eigenvalue weighted by Gasteiger charge is 2.20. The van der Waals surface area contributed by atoms with Crippen molar-refractivity contribution < 1.29 is 14.3 Å². The van der Waals surface area contributed by atoms with Crippen molar-refractivity contribution in [2.45, 2.75) is 32.8 Å². The third-order valence-electron chi connectivity index (χ3n) is 3.28. The minimum absolute atomic E-state index is 0.463. The first-order valence-electron chi connectivity index (χ1n) is 7.23. The van der Waals surface area contributed by atoms with E-state index in [1.165, 1.54) is 5.56 Å². The molecule has 6 nitrogen and oxygen atoms in total. The largest absolute Gasteiger partial charge is 0.479 e. The molecule has 1 unspecified atom stereocenters. The lowest BCUT2D eigenvalue weighted by Crippen LogP contribution is -2.45. The minimum Gasteiger partial charge on any atom is -0.479 e. The molecule has 0 bridgehead atoms. The summed E-state index contributed by atoms with van der Waals surface area (Å²) >= 11 is 0. The SMILES string of the molecule is CCNC(=O)NC(=O)C(C)Oc1cccc2c1NCCC2. The minimum atomic E-state index is -0.747. The zero-order valence-electron chi connectivity index (χ0n) is 12.4. The second kappa shape index (κ2) is 6.97. The summed E-state index contributed by atoms with van der Waals surface area (Å²) in [5.41, 5.74) is 2.14. The molecule has 1 aromatic carbocycles. The van der Waals surface area contributed by atoms with Gasteiger partial charge in [-0.3, -0.25) is 10.1 Å². The molecule has 0 saturated heterocycles. The van der Waals surface area contributed by atoms with E-state index < -0.39 is 18.0 Å². The Bertz CT molecular complexity index is 531. The standard InChI is InChI=1S/C15H21N3O3/c1-3-16-15(20)18-14(19)10(2)21-12-8-4-6-11-7-5-9-17-13(11)12/h4,6,8,10,17H,3,5,7,9H2,1-2H3,(H2,16,18,19,20). The van der Waals surface area contributed by atoms with Gasteiger partial charge in [0.15, 0.2) is 6.10 Å². The van der Waals surface area contributed by atoms with E-state index in [1.807, 2.05) is 18.2 Å². The van der Waals surface area contributed by atoms with Gasteiger partial charge in [-0.1, -0.05) is 12.1 Å². The molecule has 3 amide bonds. The third-order valence-corrected chi connectivity index (χ3v) is 3.28. The molecule has 21 heavy (non-hydrogen) atoms. The summed E-state index contributed by atoms with van der Waals surface area (Å²) in [6.45, 7) is 4.76. The second-order valence-corrected chi connectivity index (χ2v) is 4.93. The topological polar surface area (TPSA) is 79.5 Å². The van der Waals surface area contributed by atoms with E-state index in [-0.39, 0.29) is 0 Å². The Balaban J connectivity index is 2.01. The normalized spacial score (nSPS) is 14.4. The van der Waals surface area contributed by atoms with E-state index in [1.54, 1.807) is 13.8 Å². The summed E-state index contributed by atoms with van der Waals surface area (Å²) in [4.78, 5) is 23.2. The number of amides is 3. The monoisotopic (exact) mass is 291 g/mol. The molecule has 114 valence electrons. The smallest absolute Gasteiger partial charge is 0.321 e. The Morgan fingerprint density at radius 2 is 2.24 bits per heavy atom. The van der Waals surface area contributed by atoms with Crippen LogP contribution in [-0.4, -0.2) is 31.1 Å². The number of carbonyl (C=O) groups excluding carboxylic acids is 2. The summed E-state index contributed by atoms with van der Waals surface area (Å²) in [5.74, 6) is 0.181. The molecule has 0 saturated carbocycles. The van der Waals surface area contributed by atoms with Crippen LogP contribution >= 0.6 is 0 Å². The maximum Gasteiger partial charge on any atom is 0.321 e. The molecule has 0 spiro atoms. The van der Waals surface area contributed by atoms with Crippen LogP contribution in [0.4, 0.5) is 10.5 Å².